The Hall–Kier alpha value is -1.58. The van der Waals surface area contributed by atoms with E-state index in [1.165, 1.54) is 6.92 Å². The molecule has 0 rings (SSSR count). The average molecular weight is 240 g/mol. The van der Waals surface area contributed by atoms with E-state index in [0.29, 0.717) is 18.4 Å². The monoisotopic (exact) mass is 240 g/mol. The normalized spacial score (nSPS) is 11.5. The summed E-state index contributed by atoms with van der Waals surface area (Å²) in [5.74, 6) is -1.08. The number of hydrogen-bond acceptors (Lipinski definition) is 4. The topological polar surface area (TPSA) is 52.6 Å². The highest BCUT2D eigenvalue weighted by Gasteiger charge is 2.18. The maximum Gasteiger partial charge on any atom is 0.336 e. The first kappa shape index (κ1) is 15.4. The molecular weight excluding hydrogens is 220 g/mol. The lowest BCUT2D eigenvalue weighted by atomic mass is 10.2. The molecule has 0 saturated heterocycles. The van der Waals surface area contributed by atoms with Crippen LogP contribution in [0.2, 0.25) is 0 Å². The molecule has 0 bridgehead atoms. The predicted octanol–water partition coefficient (Wildman–Crippen LogP) is 2.74. The summed E-state index contributed by atoms with van der Waals surface area (Å²) in [6.07, 6.45) is 0.907. The summed E-state index contributed by atoms with van der Waals surface area (Å²) in [6.45, 7) is 12.3. The molecule has 0 N–H and O–H groups in total. The SMILES string of the molecule is C=C(C)C(=O)OC(CC)OC(=O)C(=C)CCC. The first-order valence-corrected chi connectivity index (χ1v) is 5.67. The maximum atomic E-state index is 11.5. The first-order valence-electron chi connectivity index (χ1n) is 5.67. The average Bonchev–Trinajstić information content (AvgIpc) is 2.27. The van der Waals surface area contributed by atoms with E-state index in [9.17, 15) is 9.59 Å². The number of rotatable bonds is 7. The molecule has 0 saturated carbocycles. The predicted molar refractivity (Wildman–Crippen MR) is 65.1 cm³/mol. The number of carbonyl (C=O) groups excluding carboxylic acids is 2. The maximum absolute atomic E-state index is 11.5. The zero-order valence-electron chi connectivity index (χ0n) is 10.7. The zero-order valence-corrected chi connectivity index (χ0v) is 10.7. The molecule has 4 heteroatoms. The number of hydrogen-bond donors (Lipinski definition) is 0. The highest BCUT2D eigenvalue weighted by atomic mass is 16.7. The van der Waals surface area contributed by atoms with Crippen LogP contribution in [0.25, 0.3) is 0 Å². The quantitative estimate of drug-likeness (QED) is 0.390. The van der Waals surface area contributed by atoms with E-state index in [4.69, 9.17) is 9.47 Å². The van der Waals surface area contributed by atoms with Gasteiger partial charge in [-0.2, -0.15) is 0 Å². The van der Waals surface area contributed by atoms with Crippen molar-refractivity contribution in [3.8, 4) is 0 Å². The van der Waals surface area contributed by atoms with Crippen LogP contribution in [0.3, 0.4) is 0 Å². The second kappa shape index (κ2) is 7.65. The van der Waals surface area contributed by atoms with Crippen LogP contribution in [-0.4, -0.2) is 18.2 Å². The van der Waals surface area contributed by atoms with Gasteiger partial charge in [-0.05, 0) is 13.3 Å². The van der Waals surface area contributed by atoms with Crippen molar-refractivity contribution in [3.05, 3.63) is 24.3 Å². The van der Waals surface area contributed by atoms with Gasteiger partial charge in [-0.3, -0.25) is 0 Å². The van der Waals surface area contributed by atoms with Gasteiger partial charge in [0.25, 0.3) is 0 Å². The van der Waals surface area contributed by atoms with Gasteiger partial charge < -0.3 is 9.47 Å². The molecule has 17 heavy (non-hydrogen) atoms. The van der Waals surface area contributed by atoms with E-state index in [0.717, 1.165) is 6.42 Å². The standard InChI is InChI=1S/C13H20O4/c1-6-8-10(5)13(15)17-11(7-2)16-12(14)9(3)4/h11H,3,5-8H2,1-2,4H3. The van der Waals surface area contributed by atoms with Crippen molar-refractivity contribution in [1.29, 1.82) is 0 Å². The molecule has 0 aromatic carbocycles. The second-order valence-corrected chi connectivity index (χ2v) is 3.78. The fourth-order valence-corrected chi connectivity index (χ4v) is 1.02. The van der Waals surface area contributed by atoms with Gasteiger partial charge in [0.15, 0.2) is 0 Å². The minimum Gasteiger partial charge on any atom is -0.422 e. The third-order valence-electron chi connectivity index (χ3n) is 2.00. The lowest BCUT2D eigenvalue weighted by Gasteiger charge is -2.17. The molecule has 1 unspecified atom stereocenters. The molecule has 0 aliphatic rings. The van der Waals surface area contributed by atoms with E-state index in [1.807, 2.05) is 6.92 Å². The second-order valence-electron chi connectivity index (χ2n) is 3.78. The van der Waals surface area contributed by atoms with Crippen LogP contribution in [0.15, 0.2) is 24.3 Å². The zero-order chi connectivity index (χ0) is 13.4. The van der Waals surface area contributed by atoms with Crippen molar-refractivity contribution >= 4 is 11.9 Å². The molecule has 0 aromatic heterocycles. The molecule has 0 aromatic rings. The minimum atomic E-state index is -0.875. The molecule has 0 fully saturated rings. The molecule has 4 nitrogen and oxygen atoms in total. The Kier molecular flexibility index (Phi) is 6.94. The van der Waals surface area contributed by atoms with Crippen molar-refractivity contribution in [1.82, 2.24) is 0 Å². The lowest BCUT2D eigenvalue weighted by molar-refractivity contribution is -0.182. The van der Waals surface area contributed by atoms with Crippen molar-refractivity contribution in [3.63, 3.8) is 0 Å². The van der Waals surface area contributed by atoms with Gasteiger partial charge in [0.05, 0.1) is 0 Å². The van der Waals surface area contributed by atoms with Crippen LogP contribution in [-0.2, 0) is 19.1 Å². The number of carbonyl (C=O) groups is 2. The van der Waals surface area contributed by atoms with Gasteiger partial charge in [0.2, 0.25) is 6.29 Å². The summed E-state index contributed by atoms with van der Waals surface area (Å²) in [5.41, 5.74) is 0.657. The Balaban J connectivity index is 4.31. The molecule has 96 valence electrons. The van der Waals surface area contributed by atoms with E-state index in [1.54, 1.807) is 6.92 Å². The van der Waals surface area contributed by atoms with E-state index in [2.05, 4.69) is 13.2 Å². The van der Waals surface area contributed by atoms with Crippen molar-refractivity contribution in [2.75, 3.05) is 0 Å². The summed E-state index contributed by atoms with van der Waals surface area (Å²) in [6, 6.07) is 0. The fraction of sp³-hybridized carbons (Fsp3) is 0.538. The van der Waals surface area contributed by atoms with Gasteiger partial charge in [0.1, 0.15) is 0 Å². The Morgan fingerprint density at radius 3 is 2.06 bits per heavy atom. The summed E-state index contributed by atoms with van der Waals surface area (Å²) in [5, 5.41) is 0. The van der Waals surface area contributed by atoms with E-state index >= 15 is 0 Å². The van der Waals surface area contributed by atoms with Crippen LogP contribution < -0.4 is 0 Å². The molecule has 0 heterocycles. The Bertz CT molecular complexity index is 317. The third kappa shape index (κ3) is 5.90. The van der Waals surface area contributed by atoms with E-state index in [-0.39, 0.29) is 5.57 Å². The van der Waals surface area contributed by atoms with Gasteiger partial charge in [-0.15, -0.1) is 0 Å². The van der Waals surface area contributed by atoms with Gasteiger partial charge >= 0.3 is 11.9 Å². The molecule has 1 atom stereocenters. The minimum absolute atomic E-state index is 0.270. The molecule has 0 aliphatic carbocycles. The van der Waals surface area contributed by atoms with Gasteiger partial charge in [0, 0.05) is 17.6 Å². The first-order chi connectivity index (χ1) is 7.92. The molecule has 0 amide bonds. The summed E-state index contributed by atoms with van der Waals surface area (Å²) < 4.78 is 9.95. The fourth-order valence-electron chi connectivity index (χ4n) is 1.02. The molecule has 0 spiro atoms. The highest BCUT2D eigenvalue weighted by Crippen LogP contribution is 2.10. The van der Waals surface area contributed by atoms with Crippen LogP contribution in [0, 0.1) is 0 Å². The van der Waals surface area contributed by atoms with Crippen molar-refractivity contribution in [2.45, 2.75) is 46.3 Å². The molecule has 0 radical (unpaired) electrons. The molecule has 0 aliphatic heterocycles. The summed E-state index contributed by atoms with van der Waals surface area (Å²) in [7, 11) is 0. The van der Waals surface area contributed by atoms with Crippen LogP contribution >= 0.6 is 0 Å². The largest absolute Gasteiger partial charge is 0.422 e. The smallest absolute Gasteiger partial charge is 0.336 e. The van der Waals surface area contributed by atoms with Crippen LogP contribution in [0.4, 0.5) is 0 Å². The lowest BCUT2D eigenvalue weighted by Crippen LogP contribution is -2.24. The van der Waals surface area contributed by atoms with Crippen LogP contribution in [0.1, 0.15) is 40.0 Å². The number of ether oxygens (including phenoxy) is 2. The Labute approximate surface area is 102 Å². The van der Waals surface area contributed by atoms with Gasteiger partial charge in [-0.1, -0.05) is 33.4 Å². The Morgan fingerprint density at radius 2 is 1.65 bits per heavy atom. The van der Waals surface area contributed by atoms with Crippen LogP contribution in [0.5, 0.6) is 0 Å². The Morgan fingerprint density at radius 1 is 1.12 bits per heavy atom. The van der Waals surface area contributed by atoms with E-state index < -0.39 is 18.2 Å². The van der Waals surface area contributed by atoms with Gasteiger partial charge in [-0.25, -0.2) is 9.59 Å². The third-order valence-corrected chi connectivity index (χ3v) is 2.00. The summed E-state index contributed by atoms with van der Waals surface area (Å²) >= 11 is 0. The van der Waals surface area contributed by atoms with Crippen molar-refractivity contribution in [2.24, 2.45) is 0 Å². The highest BCUT2D eigenvalue weighted by molar-refractivity contribution is 5.89. The number of esters is 2. The van der Waals surface area contributed by atoms with Crippen molar-refractivity contribution < 1.29 is 19.1 Å². The molecular formula is C13H20O4. The summed E-state index contributed by atoms with van der Waals surface area (Å²) in [4.78, 5) is 22.8.